The van der Waals surface area contributed by atoms with E-state index < -0.39 is 17.7 Å². The number of hydrogen-bond donors (Lipinski definition) is 2. The SMILES string of the molecule is CCC/C=C/C=C/[C@@H]1C[C@@H](O)[C@@]2(O)C(=O)OC[C@H]12. The van der Waals surface area contributed by atoms with Crippen LogP contribution in [0.1, 0.15) is 26.2 Å². The maximum absolute atomic E-state index is 11.5. The van der Waals surface area contributed by atoms with Gasteiger partial charge in [-0.05, 0) is 18.8 Å². The van der Waals surface area contributed by atoms with E-state index in [0.717, 1.165) is 12.8 Å². The Labute approximate surface area is 107 Å². The zero-order valence-electron chi connectivity index (χ0n) is 10.6. The Morgan fingerprint density at radius 2 is 2.28 bits per heavy atom. The fourth-order valence-electron chi connectivity index (χ4n) is 2.76. The number of allylic oxidation sites excluding steroid dienone is 4. The van der Waals surface area contributed by atoms with Gasteiger partial charge in [0.15, 0.2) is 5.60 Å². The number of aliphatic hydroxyl groups is 2. The van der Waals surface area contributed by atoms with Crippen LogP contribution in [0.3, 0.4) is 0 Å². The fourth-order valence-corrected chi connectivity index (χ4v) is 2.76. The molecule has 1 saturated carbocycles. The fraction of sp³-hybridized carbons (Fsp3) is 0.643. The largest absolute Gasteiger partial charge is 0.463 e. The number of fused-ring (bicyclic) bond motifs is 1. The van der Waals surface area contributed by atoms with Gasteiger partial charge in [0.2, 0.25) is 0 Å². The van der Waals surface area contributed by atoms with Crippen molar-refractivity contribution < 1.29 is 19.7 Å². The first-order valence-electron chi connectivity index (χ1n) is 6.51. The smallest absolute Gasteiger partial charge is 0.341 e. The molecule has 0 aromatic carbocycles. The molecule has 100 valence electrons. The number of rotatable bonds is 4. The van der Waals surface area contributed by atoms with Crippen LogP contribution in [0.2, 0.25) is 0 Å². The summed E-state index contributed by atoms with van der Waals surface area (Å²) in [5.41, 5.74) is -1.69. The lowest BCUT2D eigenvalue weighted by Crippen LogP contribution is -2.46. The molecule has 2 aliphatic rings. The molecule has 0 radical (unpaired) electrons. The summed E-state index contributed by atoms with van der Waals surface area (Å²) in [5.74, 6) is -1.02. The Balaban J connectivity index is 2.02. The normalized spacial score (nSPS) is 39.7. The van der Waals surface area contributed by atoms with Crippen LogP contribution in [0.15, 0.2) is 24.3 Å². The van der Waals surface area contributed by atoms with Crippen molar-refractivity contribution in [3.05, 3.63) is 24.3 Å². The van der Waals surface area contributed by atoms with Crippen LogP contribution in [0.5, 0.6) is 0 Å². The second-order valence-corrected chi connectivity index (χ2v) is 5.05. The second kappa shape index (κ2) is 5.24. The molecule has 1 aliphatic carbocycles. The van der Waals surface area contributed by atoms with Crippen molar-refractivity contribution in [2.75, 3.05) is 6.61 Å². The number of carbonyl (C=O) groups is 1. The van der Waals surface area contributed by atoms with E-state index in [4.69, 9.17) is 4.74 Å². The molecule has 2 rings (SSSR count). The van der Waals surface area contributed by atoms with Crippen LogP contribution in [0.4, 0.5) is 0 Å². The zero-order chi connectivity index (χ0) is 13.2. The summed E-state index contributed by atoms with van der Waals surface area (Å²) < 4.78 is 4.87. The van der Waals surface area contributed by atoms with Crippen molar-refractivity contribution in [3.8, 4) is 0 Å². The van der Waals surface area contributed by atoms with E-state index in [0.29, 0.717) is 6.42 Å². The van der Waals surface area contributed by atoms with Crippen molar-refractivity contribution in [1.82, 2.24) is 0 Å². The molecule has 2 fully saturated rings. The molecule has 4 heteroatoms. The van der Waals surface area contributed by atoms with Crippen LogP contribution < -0.4 is 0 Å². The minimum atomic E-state index is -1.69. The van der Waals surface area contributed by atoms with Crippen LogP contribution in [-0.4, -0.2) is 34.5 Å². The van der Waals surface area contributed by atoms with E-state index in [1.165, 1.54) is 0 Å². The number of unbranched alkanes of at least 4 members (excludes halogenated alkanes) is 1. The Morgan fingerprint density at radius 3 is 3.00 bits per heavy atom. The molecule has 0 spiro atoms. The first kappa shape index (κ1) is 13.3. The first-order valence-corrected chi connectivity index (χ1v) is 6.51. The summed E-state index contributed by atoms with van der Waals surface area (Å²) in [6.07, 6.45) is 9.43. The minimum absolute atomic E-state index is 0.0114. The van der Waals surface area contributed by atoms with Gasteiger partial charge < -0.3 is 14.9 Å². The zero-order valence-corrected chi connectivity index (χ0v) is 10.6. The summed E-state index contributed by atoms with van der Waals surface area (Å²) in [5, 5.41) is 20.0. The van der Waals surface area contributed by atoms with Gasteiger partial charge in [-0.1, -0.05) is 37.6 Å². The van der Waals surface area contributed by atoms with Gasteiger partial charge in [-0.3, -0.25) is 0 Å². The molecule has 1 aliphatic heterocycles. The summed E-state index contributed by atoms with van der Waals surface area (Å²) >= 11 is 0. The molecule has 0 bridgehead atoms. The van der Waals surface area contributed by atoms with E-state index >= 15 is 0 Å². The van der Waals surface area contributed by atoms with Crippen molar-refractivity contribution in [2.45, 2.75) is 37.9 Å². The summed E-state index contributed by atoms with van der Waals surface area (Å²) in [6.45, 7) is 2.31. The minimum Gasteiger partial charge on any atom is -0.463 e. The highest BCUT2D eigenvalue weighted by atomic mass is 16.6. The molecule has 0 amide bonds. The van der Waals surface area contributed by atoms with E-state index in [1.807, 2.05) is 18.2 Å². The van der Waals surface area contributed by atoms with Gasteiger partial charge in [-0.2, -0.15) is 0 Å². The van der Waals surface area contributed by atoms with Crippen molar-refractivity contribution in [3.63, 3.8) is 0 Å². The molecule has 4 atom stereocenters. The third kappa shape index (κ3) is 2.10. The average Bonchev–Trinajstić information content (AvgIpc) is 2.77. The molecular weight excluding hydrogens is 232 g/mol. The topological polar surface area (TPSA) is 66.8 Å². The lowest BCUT2D eigenvalue weighted by atomic mass is 9.88. The predicted molar refractivity (Wildman–Crippen MR) is 66.7 cm³/mol. The Kier molecular flexibility index (Phi) is 3.88. The number of esters is 1. The molecule has 0 unspecified atom stereocenters. The number of carbonyl (C=O) groups excluding carboxylic acids is 1. The van der Waals surface area contributed by atoms with Gasteiger partial charge in [-0.25, -0.2) is 4.79 Å². The van der Waals surface area contributed by atoms with Gasteiger partial charge in [0.05, 0.1) is 12.7 Å². The summed E-state index contributed by atoms with van der Waals surface area (Å²) in [6, 6.07) is 0. The Hall–Kier alpha value is -1.13. The highest BCUT2D eigenvalue weighted by Gasteiger charge is 2.63. The molecule has 1 heterocycles. The summed E-state index contributed by atoms with van der Waals surface area (Å²) in [4.78, 5) is 11.5. The van der Waals surface area contributed by atoms with Crippen molar-refractivity contribution >= 4 is 5.97 Å². The van der Waals surface area contributed by atoms with Gasteiger partial charge >= 0.3 is 5.97 Å². The first-order chi connectivity index (χ1) is 8.60. The van der Waals surface area contributed by atoms with Crippen LogP contribution >= 0.6 is 0 Å². The summed E-state index contributed by atoms with van der Waals surface area (Å²) in [7, 11) is 0. The number of cyclic esters (lactones) is 1. The number of aliphatic hydroxyl groups excluding tert-OH is 1. The van der Waals surface area contributed by atoms with Gasteiger partial charge in [0, 0.05) is 5.92 Å². The lowest BCUT2D eigenvalue weighted by Gasteiger charge is -2.21. The van der Waals surface area contributed by atoms with Crippen molar-refractivity contribution in [1.29, 1.82) is 0 Å². The maximum atomic E-state index is 11.5. The molecule has 0 aromatic rings. The maximum Gasteiger partial charge on any atom is 0.341 e. The number of ether oxygens (including phenoxy) is 1. The highest BCUT2D eigenvalue weighted by Crippen LogP contribution is 2.45. The molecule has 2 N–H and O–H groups in total. The quantitative estimate of drug-likeness (QED) is 0.582. The monoisotopic (exact) mass is 252 g/mol. The van der Waals surface area contributed by atoms with Crippen molar-refractivity contribution in [2.24, 2.45) is 11.8 Å². The third-order valence-electron chi connectivity index (χ3n) is 3.87. The molecule has 18 heavy (non-hydrogen) atoms. The van der Waals surface area contributed by atoms with E-state index in [-0.39, 0.29) is 18.4 Å². The van der Waals surface area contributed by atoms with E-state index in [9.17, 15) is 15.0 Å². The molecule has 0 aromatic heterocycles. The predicted octanol–water partition coefficient (Wildman–Crippen LogP) is 1.18. The Bertz CT molecular complexity index is 374. The standard InChI is InChI=1S/C14H20O4/c1-2-3-4-5-6-7-10-8-12(15)14(17)11(10)9-18-13(14)16/h4-7,10-12,15,17H,2-3,8-9H2,1H3/b5-4+,7-6+/t10-,11-,12-,14-/m1/s1. The van der Waals surface area contributed by atoms with Gasteiger partial charge in [0.1, 0.15) is 0 Å². The second-order valence-electron chi connectivity index (χ2n) is 5.05. The molecular formula is C14H20O4. The van der Waals surface area contributed by atoms with Gasteiger partial charge in [0.25, 0.3) is 0 Å². The van der Waals surface area contributed by atoms with E-state index in [1.54, 1.807) is 0 Å². The lowest BCUT2D eigenvalue weighted by molar-refractivity contribution is -0.162. The average molecular weight is 252 g/mol. The van der Waals surface area contributed by atoms with E-state index in [2.05, 4.69) is 13.0 Å². The van der Waals surface area contributed by atoms with Gasteiger partial charge in [-0.15, -0.1) is 0 Å². The number of hydrogen-bond acceptors (Lipinski definition) is 4. The third-order valence-corrected chi connectivity index (χ3v) is 3.87. The Morgan fingerprint density at radius 1 is 1.50 bits per heavy atom. The van der Waals surface area contributed by atoms with Crippen LogP contribution in [-0.2, 0) is 9.53 Å². The molecule has 4 nitrogen and oxygen atoms in total. The highest BCUT2D eigenvalue weighted by molar-refractivity contribution is 5.83. The van der Waals surface area contributed by atoms with Crippen LogP contribution in [0.25, 0.3) is 0 Å². The van der Waals surface area contributed by atoms with Crippen LogP contribution in [0, 0.1) is 11.8 Å². The molecule has 1 saturated heterocycles.